The van der Waals surface area contributed by atoms with Crippen molar-refractivity contribution in [3.05, 3.63) is 88.9 Å². The van der Waals surface area contributed by atoms with E-state index in [-0.39, 0.29) is 17.2 Å². The predicted molar refractivity (Wildman–Crippen MR) is 195 cm³/mol. The lowest BCUT2D eigenvalue weighted by Gasteiger charge is -2.34. The second kappa shape index (κ2) is 13.2. The van der Waals surface area contributed by atoms with Crippen LogP contribution in [0.5, 0.6) is 6.01 Å². The van der Waals surface area contributed by atoms with Crippen LogP contribution in [0.2, 0.25) is 0 Å². The molecule has 9 rings (SSSR count). The molecule has 0 bridgehead atoms. The van der Waals surface area contributed by atoms with Gasteiger partial charge < -0.3 is 14.5 Å². The van der Waals surface area contributed by atoms with Crippen LogP contribution in [0.4, 0.5) is 10.2 Å². The number of benzene rings is 3. The highest BCUT2D eigenvalue weighted by Gasteiger charge is 2.40. The lowest BCUT2D eigenvalue weighted by atomic mass is 9.97. The van der Waals surface area contributed by atoms with Crippen LogP contribution in [-0.4, -0.2) is 113 Å². The number of hydrogen-bond acceptors (Lipinski definition) is 9. The van der Waals surface area contributed by atoms with Crippen molar-refractivity contribution in [1.29, 1.82) is 0 Å². The van der Waals surface area contributed by atoms with Crippen molar-refractivity contribution in [2.24, 2.45) is 0 Å². The van der Waals surface area contributed by atoms with Gasteiger partial charge in [-0.05, 0) is 28.1 Å². The molecule has 0 N–H and O–H groups in total. The Labute approximate surface area is 296 Å². The Kier molecular flexibility index (Phi) is 8.23. The predicted octanol–water partition coefficient (Wildman–Crippen LogP) is 4.14. The van der Waals surface area contributed by atoms with Crippen LogP contribution >= 0.6 is 0 Å². The fourth-order valence-corrected chi connectivity index (χ4v) is 7.97. The molecule has 3 fully saturated rings. The summed E-state index contributed by atoms with van der Waals surface area (Å²) in [6.07, 6.45) is 8.49. The van der Waals surface area contributed by atoms with Gasteiger partial charge in [0.15, 0.2) is 5.82 Å². The summed E-state index contributed by atoms with van der Waals surface area (Å²) in [4.78, 5) is 36.7. The molecule has 0 radical (unpaired) electrons. The van der Waals surface area contributed by atoms with Crippen LogP contribution in [0, 0.1) is 18.2 Å². The Morgan fingerprint density at radius 1 is 0.941 bits per heavy atom. The average Bonchev–Trinajstić information content (AvgIpc) is 3.83. The Balaban J connectivity index is 0.921. The van der Waals surface area contributed by atoms with E-state index in [9.17, 15) is 4.79 Å². The van der Waals surface area contributed by atoms with E-state index < -0.39 is 5.82 Å². The van der Waals surface area contributed by atoms with E-state index in [1.165, 1.54) is 16.7 Å². The minimum atomic E-state index is -0.508. The zero-order chi connectivity index (χ0) is 34.5. The van der Waals surface area contributed by atoms with Crippen LogP contribution in [-0.2, 0) is 24.4 Å². The number of ether oxygens (including phenoxy) is 1. The second-order valence-electron chi connectivity index (χ2n) is 14.0. The summed E-state index contributed by atoms with van der Waals surface area (Å²) < 4.78 is 22.9. The van der Waals surface area contributed by atoms with E-state index in [0.717, 1.165) is 82.6 Å². The third-order valence-electron chi connectivity index (χ3n) is 10.9. The Hall–Kier alpha value is -5.15. The topological polar surface area (TPSA) is 80.9 Å². The fourth-order valence-electron chi connectivity index (χ4n) is 7.97. The maximum absolute atomic E-state index is 16.7. The van der Waals surface area contributed by atoms with Crippen molar-refractivity contribution in [3.63, 3.8) is 0 Å². The minimum Gasteiger partial charge on any atom is -0.462 e. The standard InChI is InChI=1S/C40H39FN8O2/c1-2-28-5-3-6-29-7-4-8-33(35(28)29)37-36(41)38-34(20-42-37)39(49-16-15-48-24-32(48)25-49)44-40(43-38)51-18-17-45-11-13-46(14-12-45)21-27-9-10-30-22-47(26-50)23-31(30)19-27/h1,3-10,19-20,26,32H,11-18,21-25H2. The van der Waals surface area contributed by atoms with Gasteiger partial charge in [-0.15, -0.1) is 6.42 Å². The first kappa shape index (κ1) is 31.8. The number of carbonyl (C=O) groups excluding carboxylic acids is 1. The third-order valence-corrected chi connectivity index (χ3v) is 10.9. The largest absolute Gasteiger partial charge is 0.462 e. The number of halogens is 1. The maximum atomic E-state index is 16.7. The van der Waals surface area contributed by atoms with E-state index in [4.69, 9.17) is 16.1 Å². The highest BCUT2D eigenvalue weighted by molar-refractivity contribution is 6.02. The summed E-state index contributed by atoms with van der Waals surface area (Å²) in [5.41, 5.74) is 5.51. The van der Waals surface area contributed by atoms with Gasteiger partial charge >= 0.3 is 6.01 Å². The zero-order valence-electron chi connectivity index (χ0n) is 28.5. The molecule has 258 valence electrons. The van der Waals surface area contributed by atoms with Crippen molar-refractivity contribution < 1.29 is 13.9 Å². The highest BCUT2D eigenvalue weighted by atomic mass is 19.1. The van der Waals surface area contributed by atoms with E-state index in [2.05, 4.69) is 53.7 Å². The monoisotopic (exact) mass is 682 g/mol. The molecule has 10 nitrogen and oxygen atoms in total. The number of anilines is 1. The van der Waals surface area contributed by atoms with Gasteiger partial charge in [-0.3, -0.25) is 24.5 Å². The number of carbonyl (C=O) groups is 1. The number of hydrogen-bond donors (Lipinski definition) is 0. The van der Waals surface area contributed by atoms with Gasteiger partial charge in [0, 0.05) is 107 Å². The Bertz CT molecular complexity index is 2190. The van der Waals surface area contributed by atoms with Crippen LogP contribution in [0.25, 0.3) is 32.9 Å². The van der Waals surface area contributed by atoms with Gasteiger partial charge in [0.05, 0.1) is 5.39 Å². The molecule has 5 aromatic rings. The summed E-state index contributed by atoms with van der Waals surface area (Å²) in [5.74, 6) is 2.92. The molecule has 3 saturated heterocycles. The van der Waals surface area contributed by atoms with E-state index >= 15 is 4.39 Å². The van der Waals surface area contributed by atoms with Gasteiger partial charge in [-0.25, -0.2) is 4.39 Å². The SMILES string of the molecule is C#Cc1cccc2cccc(-c3ncc4c(N5CCN6CC6C5)nc(OCCN5CCN(Cc6ccc7c(c6)CN(C=O)C7)CC5)nc4c3F)c12. The van der Waals surface area contributed by atoms with Gasteiger partial charge in [-0.2, -0.15) is 9.97 Å². The molecule has 4 aliphatic rings. The molecule has 0 saturated carbocycles. The number of nitrogens with zero attached hydrogens (tertiary/aromatic N) is 8. The molecule has 0 aliphatic carbocycles. The lowest BCUT2D eigenvalue weighted by molar-refractivity contribution is -0.118. The molecule has 4 aliphatic heterocycles. The maximum Gasteiger partial charge on any atom is 0.319 e. The molecular formula is C40H39FN8O2. The van der Waals surface area contributed by atoms with Gasteiger partial charge in [-0.1, -0.05) is 54.5 Å². The van der Waals surface area contributed by atoms with E-state index in [1.54, 1.807) is 11.1 Å². The van der Waals surface area contributed by atoms with Gasteiger partial charge in [0.25, 0.3) is 0 Å². The quantitative estimate of drug-likeness (QED) is 0.130. The van der Waals surface area contributed by atoms with Crippen LogP contribution in [0.15, 0.2) is 60.8 Å². The van der Waals surface area contributed by atoms with Crippen molar-refractivity contribution >= 4 is 33.9 Å². The lowest BCUT2D eigenvalue weighted by Crippen LogP contribution is -2.47. The summed E-state index contributed by atoms with van der Waals surface area (Å²) in [5, 5.41) is 2.30. The third kappa shape index (κ3) is 6.14. The van der Waals surface area contributed by atoms with Crippen molar-refractivity contribution in [3.8, 4) is 29.6 Å². The number of rotatable bonds is 9. The molecule has 6 heterocycles. The van der Waals surface area contributed by atoms with Gasteiger partial charge in [0.1, 0.15) is 23.6 Å². The number of terminal acetylenes is 1. The Morgan fingerprint density at radius 3 is 2.59 bits per heavy atom. The number of amides is 1. The molecule has 11 heteroatoms. The highest BCUT2D eigenvalue weighted by Crippen LogP contribution is 2.37. The number of aromatic nitrogens is 3. The first-order valence-corrected chi connectivity index (χ1v) is 17.8. The number of fused-ring (bicyclic) bond motifs is 4. The minimum absolute atomic E-state index is 0.178. The number of piperazine rings is 2. The van der Waals surface area contributed by atoms with Crippen molar-refractivity contribution in [2.45, 2.75) is 25.7 Å². The molecular weight excluding hydrogens is 643 g/mol. The van der Waals surface area contributed by atoms with Crippen molar-refractivity contribution in [1.82, 2.24) is 34.6 Å². The van der Waals surface area contributed by atoms with Gasteiger partial charge in [0.2, 0.25) is 6.41 Å². The van der Waals surface area contributed by atoms with Crippen LogP contribution in [0.1, 0.15) is 22.3 Å². The summed E-state index contributed by atoms with van der Waals surface area (Å²) in [6.45, 7) is 10.8. The van der Waals surface area contributed by atoms with Crippen LogP contribution < -0.4 is 9.64 Å². The molecule has 0 spiro atoms. The summed E-state index contributed by atoms with van der Waals surface area (Å²) in [7, 11) is 0. The molecule has 51 heavy (non-hydrogen) atoms. The van der Waals surface area contributed by atoms with Crippen LogP contribution in [0.3, 0.4) is 0 Å². The average molecular weight is 683 g/mol. The second-order valence-corrected chi connectivity index (χ2v) is 14.0. The van der Waals surface area contributed by atoms with E-state index in [1.807, 2.05) is 36.4 Å². The summed E-state index contributed by atoms with van der Waals surface area (Å²) in [6, 6.07) is 18.8. The normalized spacial score (nSPS) is 20.3. The number of pyridine rings is 1. The first-order chi connectivity index (χ1) is 25.0. The van der Waals surface area contributed by atoms with Crippen molar-refractivity contribution in [2.75, 3.05) is 70.4 Å². The molecule has 1 amide bonds. The molecule has 2 aromatic heterocycles. The molecule has 3 aromatic carbocycles. The first-order valence-electron chi connectivity index (χ1n) is 17.8. The fraction of sp³-hybridized carbons (Fsp3) is 0.350. The van der Waals surface area contributed by atoms with E-state index in [0.29, 0.717) is 48.1 Å². The summed E-state index contributed by atoms with van der Waals surface area (Å²) >= 11 is 0. The molecule has 2 atom stereocenters. The zero-order valence-corrected chi connectivity index (χ0v) is 28.5. The Morgan fingerprint density at radius 2 is 1.76 bits per heavy atom. The molecule has 2 unspecified atom stereocenters. The smallest absolute Gasteiger partial charge is 0.319 e.